The van der Waals surface area contributed by atoms with Crippen molar-refractivity contribution in [3.05, 3.63) is 94.5 Å². The highest BCUT2D eigenvalue weighted by molar-refractivity contribution is 6.30. The van der Waals surface area contributed by atoms with E-state index in [1.54, 1.807) is 33.5 Å². The van der Waals surface area contributed by atoms with E-state index in [1.165, 1.54) is 6.26 Å². The van der Waals surface area contributed by atoms with Gasteiger partial charge in [-0.2, -0.15) is 5.10 Å². The predicted octanol–water partition coefficient (Wildman–Crippen LogP) is 3.96. The Morgan fingerprint density at radius 2 is 1.85 bits per heavy atom. The lowest BCUT2D eigenvalue weighted by molar-refractivity contribution is -0.00850. The van der Waals surface area contributed by atoms with E-state index in [0.29, 0.717) is 47.3 Å². The molecule has 2 aromatic heterocycles. The van der Waals surface area contributed by atoms with E-state index in [0.717, 1.165) is 11.1 Å². The monoisotopic (exact) mass is 473 g/mol. The summed E-state index contributed by atoms with van der Waals surface area (Å²) in [7, 11) is 0. The van der Waals surface area contributed by atoms with Gasteiger partial charge in [-0.25, -0.2) is 0 Å². The van der Waals surface area contributed by atoms with Crippen molar-refractivity contribution in [1.29, 1.82) is 0 Å². The van der Waals surface area contributed by atoms with E-state index in [-0.39, 0.29) is 11.8 Å². The number of nitrogens with zero attached hydrogens (tertiary/aromatic N) is 5. The summed E-state index contributed by atoms with van der Waals surface area (Å²) in [6.45, 7) is 2.78. The summed E-state index contributed by atoms with van der Waals surface area (Å²) in [6.07, 6.45) is 1.35. The first kappa shape index (κ1) is 20.7. The second kappa shape index (κ2) is 7.56. The largest absolute Gasteiger partial charge is 0.364 e. The van der Waals surface area contributed by atoms with Gasteiger partial charge in [-0.15, -0.1) is 0 Å². The third-order valence-electron chi connectivity index (χ3n) is 6.66. The molecule has 1 unspecified atom stereocenters. The Morgan fingerprint density at radius 3 is 2.56 bits per heavy atom. The van der Waals surface area contributed by atoms with Crippen LogP contribution in [0.1, 0.15) is 32.1 Å². The molecule has 170 valence electrons. The lowest BCUT2D eigenvalue weighted by atomic mass is 9.94. The number of aromatic nitrogens is 3. The third-order valence-corrected chi connectivity index (χ3v) is 6.91. The number of fused-ring (bicyclic) bond motifs is 2. The third kappa shape index (κ3) is 2.92. The molecule has 0 aliphatic carbocycles. The fourth-order valence-corrected chi connectivity index (χ4v) is 5.12. The number of carbonyl (C=O) groups is 2. The van der Waals surface area contributed by atoms with Gasteiger partial charge in [0.05, 0.1) is 17.9 Å². The highest BCUT2D eigenvalue weighted by Gasteiger charge is 2.57. The zero-order valence-corrected chi connectivity index (χ0v) is 19.1. The number of carbonyl (C=O) groups excluding carboxylic acids is 2. The molecule has 9 heteroatoms. The highest BCUT2D eigenvalue weighted by atomic mass is 35.5. The zero-order chi connectivity index (χ0) is 23.4. The smallest absolute Gasteiger partial charge is 0.274 e. The lowest BCUT2D eigenvalue weighted by Gasteiger charge is -2.46. The molecule has 1 saturated heterocycles. The van der Waals surface area contributed by atoms with E-state index < -0.39 is 5.66 Å². The van der Waals surface area contributed by atoms with Crippen molar-refractivity contribution in [2.75, 3.05) is 13.1 Å². The standard InChI is InChI=1S/C25H20ClN5O3/c1-16-20(14-34-28-16)23(32)29-11-12-30-24(33)22-13-21(17-5-3-2-4-6-17)27-31(22)15-25(29,30)18-7-9-19(26)10-8-18/h2-10,13-14H,11-12,15H2,1H3. The fourth-order valence-electron chi connectivity index (χ4n) is 4.99. The molecule has 4 heterocycles. The molecule has 0 spiro atoms. The van der Waals surface area contributed by atoms with Crippen LogP contribution in [0.4, 0.5) is 0 Å². The molecule has 8 nitrogen and oxygen atoms in total. The first-order chi connectivity index (χ1) is 16.5. The second-order valence-electron chi connectivity index (χ2n) is 8.49. The first-order valence-corrected chi connectivity index (χ1v) is 11.3. The summed E-state index contributed by atoms with van der Waals surface area (Å²) in [6, 6.07) is 18.8. The maximum atomic E-state index is 13.8. The molecule has 2 aliphatic heterocycles. The SMILES string of the molecule is Cc1nocc1C(=O)N1CCN2C(=O)c3cc(-c4ccccc4)nn3CC12c1ccc(Cl)cc1. The summed E-state index contributed by atoms with van der Waals surface area (Å²) in [4.78, 5) is 31.0. The van der Waals surface area contributed by atoms with Crippen LogP contribution in [0.5, 0.6) is 0 Å². The van der Waals surface area contributed by atoms with Gasteiger partial charge in [0.15, 0.2) is 5.66 Å². The Labute approximate surface area is 200 Å². The van der Waals surface area contributed by atoms with Crippen molar-refractivity contribution >= 4 is 23.4 Å². The van der Waals surface area contributed by atoms with Gasteiger partial charge >= 0.3 is 0 Å². The minimum Gasteiger partial charge on any atom is -0.364 e. The maximum Gasteiger partial charge on any atom is 0.274 e. The van der Waals surface area contributed by atoms with Crippen molar-refractivity contribution in [2.45, 2.75) is 19.1 Å². The number of benzene rings is 2. The average Bonchev–Trinajstić information content (AvgIpc) is 3.57. The number of amides is 2. The van der Waals surface area contributed by atoms with Gasteiger partial charge in [-0.3, -0.25) is 14.3 Å². The van der Waals surface area contributed by atoms with Crippen LogP contribution in [0.3, 0.4) is 0 Å². The molecule has 2 aliphatic rings. The van der Waals surface area contributed by atoms with Gasteiger partial charge in [-0.1, -0.05) is 59.2 Å². The molecule has 1 atom stereocenters. The van der Waals surface area contributed by atoms with Crippen LogP contribution in [0.2, 0.25) is 5.02 Å². The van der Waals surface area contributed by atoms with Crippen molar-refractivity contribution < 1.29 is 14.1 Å². The number of hydrogen-bond donors (Lipinski definition) is 0. The molecule has 0 bridgehead atoms. The minimum atomic E-state index is -1.06. The van der Waals surface area contributed by atoms with Crippen LogP contribution in [-0.4, -0.2) is 49.6 Å². The molecule has 2 amide bonds. The van der Waals surface area contributed by atoms with E-state index in [2.05, 4.69) is 5.16 Å². The Balaban J connectivity index is 1.52. The Kier molecular flexibility index (Phi) is 4.60. The van der Waals surface area contributed by atoms with Gasteiger partial charge in [0, 0.05) is 29.2 Å². The van der Waals surface area contributed by atoms with Gasteiger partial charge in [0.25, 0.3) is 11.8 Å². The zero-order valence-electron chi connectivity index (χ0n) is 18.3. The summed E-state index contributed by atoms with van der Waals surface area (Å²) in [5, 5.41) is 9.21. The summed E-state index contributed by atoms with van der Waals surface area (Å²) < 4.78 is 6.74. The number of hydrogen-bond acceptors (Lipinski definition) is 5. The average molecular weight is 474 g/mol. The predicted molar refractivity (Wildman–Crippen MR) is 124 cm³/mol. The molecule has 34 heavy (non-hydrogen) atoms. The van der Waals surface area contributed by atoms with E-state index in [4.69, 9.17) is 21.2 Å². The van der Waals surface area contributed by atoms with Crippen molar-refractivity contribution in [1.82, 2.24) is 24.7 Å². The quantitative estimate of drug-likeness (QED) is 0.449. The second-order valence-corrected chi connectivity index (χ2v) is 8.93. The van der Waals surface area contributed by atoms with Crippen LogP contribution in [0, 0.1) is 6.92 Å². The Bertz CT molecular complexity index is 1410. The van der Waals surface area contributed by atoms with Crippen LogP contribution in [0.25, 0.3) is 11.3 Å². The summed E-state index contributed by atoms with van der Waals surface area (Å²) in [5.41, 5.74) is 2.73. The Morgan fingerprint density at radius 1 is 1.09 bits per heavy atom. The van der Waals surface area contributed by atoms with Gasteiger partial charge in [0.1, 0.15) is 17.5 Å². The van der Waals surface area contributed by atoms with E-state index >= 15 is 0 Å². The molecule has 1 fully saturated rings. The minimum absolute atomic E-state index is 0.173. The highest BCUT2D eigenvalue weighted by Crippen LogP contribution is 2.44. The molecule has 0 N–H and O–H groups in total. The van der Waals surface area contributed by atoms with E-state index in [9.17, 15) is 9.59 Å². The van der Waals surface area contributed by atoms with Crippen molar-refractivity contribution in [3.8, 4) is 11.3 Å². The van der Waals surface area contributed by atoms with Gasteiger partial charge in [0.2, 0.25) is 0 Å². The van der Waals surface area contributed by atoms with Crippen molar-refractivity contribution in [2.24, 2.45) is 0 Å². The van der Waals surface area contributed by atoms with Crippen molar-refractivity contribution in [3.63, 3.8) is 0 Å². The number of halogens is 1. The molecular weight excluding hydrogens is 454 g/mol. The molecule has 2 aromatic carbocycles. The van der Waals surface area contributed by atoms with Crippen LogP contribution >= 0.6 is 11.6 Å². The molecule has 4 aromatic rings. The number of aryl methyl sites for hydroxylation is 1. The number of rotatable bonds is 3. The van der Waals surface area contributed by atoms with Gasteiger partial charge < -0.3 is 14.3 Å². The molecular formula is C25H20ClN5O3. The fraction of sp³-hybridized carbons (Fsp3) is 0.200. The topological polar surface area (TPSA) is 84.5 Å². The van der Waals surface area contributed by atoms with Crippen LogP contribution < -0.4 is 0 Å². The van der Waals surface area contributed by atoms with Gasteiger partial charge in [-0.05, 0) is 25.1 Å². The normalized spacial score (nSPS) is 19.3. The summed E-state index contributed by atoms with van der Waals surface area (Å²) >= 11 is 6.17. The molecule has 0 saturated carbocycles. The van der Waals surface area contributed by atoms with E-state index in [1.807, 2.05) is 48.5 Å². The van der Waals surface area contributed by atoms with Crippen LogP contribution in [0.15, 0.2) is 71.4 Å². The molecule has 0 radical (unpaired) electrons. The maximum absolute atomic E-state index is 13.8. The van der Waals surface area contributed by atoms with Crippen LogP contribution in [-0.2, 0) is 12.2 Å². The Hall–Kier alpha value is -3.91. The summed E-state index contributed by atoms with van der Waals surface area (Å²) in [5.74, 6) is -0.420. The molecule has 6 rings (SSSR count). The first-order valence-electron chi connectivity index (χ1n) is 10.9. The lowest BCUT2D eigenvalue weighted by Crippen LogP contribution is -2.60.